The average molecular weight is 219 g/mol. The van der Waals surface area contributed by atoms with Crippen LogP contribution in [-0.4, -0.2) is 11.1 Å². The molecule has 1 aromatic carbocycles. The summed E-state index contributed by atoms with van der Waals surface area (Å²) in [6.45, 7) is 4.19. The molecule has 3 N–H and O–H groups in total. The maximum atomic E-state index is 10.7. The Morgan fingerprint density at radius 2 is 1.88 bits per heavy atom. The van der Waals surface area contributed by atoms with Crippen molar-refractivity contribution < 1.29 is 5.11 Å². The van der Waals surface area contributed by atoms with Crippen molar-refractivity contribution in [2.75, 3.05) is 0 Å². The minimum Gasteiger partial charge on any atom is -0.385 e. The Labute approximate surface area is 97.5 Å². The zero-order valence-corrected chi connectivity index (χ0v) is 10.2. The van der Waals surface area contributed by atoms with Crippen LogP contribution in [0, 0.1) is 13.8 Å². The molecule has 0 amide bonds. The SMILES string of the molecule is Cc1cccc(C2(O)CCC(N)CC2)c1C. The molecule has 16 heavy (non-hydrogen) atoms. The second-order valence-corrected chi connectivity index (χ2v) is 5.12. The van der Waals surface area contributed by atoms with Gasteiger partial charge in [0.1, 0.15) is 0 Å². The van der Waals surface area contributed by atoms with Crippen LogP contribution in [0.25, 0.3) is 0 Å². The van der Waals surface area contributed by atoms with Crippen LogP contribution in [-0.2, 0) is 5.60 Å². The van der Waals surface area contributed by atoms with Crippen LogP contribution in [0.4, 0.5) is 0 Å². The first-order chi connectivity index (χ1) is 7.53. The molecule has 0 aromatic heterocycles. The highest BCUT2D eigenvalue weighted by atomic mass is 16.3. The molecule has 1 saturated carbocycles. The summed E-state index contributed by atoms with van der Waals surface area (Å²) < 4.78 is 0. The number of aryl methyl sites for hydroxylation is 1. The van der Waals surface area contributed by atoms with Gasteiger partial charge in [-0.25, -0.2) is 0 Å². The van der Waals surface area contributed by atoms with Crippen molar-refractivity contribution in [3.63, 3.8) is 0 Å². The summed E-state index contributed by atoms with van der Waals surface area (Å²) in [6.07, 6.45) is 3.42. The van der Waals surface area contributed by atoms with E-state index < -0.39 is 5.60 Å². The van der Waals surface area contributed by atoms with Gasteiger partial charge >= 0.3 is 0 Å². The maximum Gasteiger partial charge on any atom is 0.0900 e. The van der Waals surface area contributed by atoms with Gasteiger partial charge in [0.05, 0.1) is 5.60 Å². The monoisotopic (exact) mass is 219 g/mol. The highest BCUT2D eigenvalue weighted by Gasteiger charge is 2.34. The van der Waals surface area contributed by atoms with Gasteiger partial charge in [-0.2, -0.15) is 0 Å². The fraction of sp³-hybridized carbons (Fsp3) is 0.571. The number of benzene rings is 1. The zero-order valence-electron chi connectivity index (χ0n) is 10.2. The van der Waals surface area contributed by atoms with Gasteiger partial charge in [-0.15, -0.1) is 0 Å². The van der Waals surface area contributed by atoms with E-state index in [1.54, 1.807) is 0 Å². The third kappa shape index (κ3) is 2.00. The van der Waals surface area contributed by atoms with Crippen molar-refractivity contribution >= 4 is 0 Å². The predicted molar refractivity (Wildman–Crippen MR) is 66.3 cm³/mol. The first kappa shape index (κ1) is 11.6. The smallest absolute Gasteiger partial charge is 0.0900 e. The second-order valence-electron chi connectivity index (χ2n) is 5.12. The van der Waals surface area contributed by atoms with Crippen molar-refractivity contribution in [1.29, 1.82) is 0 Å². The Hall–Kier alpha value is -0.860. The zero-order chi connectivity index (χ0) is 11.8. The van der Waals surface area contributed by atoms with E-state index in [9.17, 15) is 5.11 Å². The minimum absolute atomic E-state index is 0.269. The largest absolute Gasteiger partial charge is 0.385 e. The van der Waals surface area contributed by atoms with Crippen LogP contribution in [0.15, 0.2) is 18.2 Å². The van der Waals surface area contributed by atoms with Crippen molar-refractivity contribution in [3.8, 4) is 0 Å². The summed E-state index contributed by atoms with van der Waals surface area (Å²) in [5, 5.41) is 10.7. The Morgan fingerprint density at radius 1 is 1.25 bits per heavy atom. The van der Waals surface area contributed by atoms with E-state index in [1.165, 1.54) is 11.1 Å². The molecule has 0 atom stereocenters. The standard InChI is InChI=1S/C14H21NO/c1-10-4-3-5-13(11(10)2)14(16)8-6-12(15)7-9-14/h3-5,12,16H,6-9,15H2,1-2H3. The molecule has 2 heteroatoms. The third-order valence-electron chi connectivity index (χ3n) is 3.96. The van der Waals surface area contributed by atoms with E-state index in [1.807, 2.05) is 6.07 Å². The molecule has 0 heterocycles. The van der Waals surface area contributed by atoms with Crippen LogP contribution < -0.4 is 5.73 Å². The molecule has 1 aliphatic carbocycles. The summed E-state index contributed by atoms with van der Waals surface area (Å²) >= 11 is 0. The Kier molecular flexibility index (Phi) is 3.04. The van der Waals surface area contributed by atoms with Gasteiger partial charge in [0.2, 0.25) is 0 Å². The van der Waals surface area contributed by atoms with E-state index in [2.05, 4.69) is 26.0 Å². The number of aliphatic hydroxyl groups is 1. The molecule has 0 spiro atoms. The van der Waals surface area contributed by atoms with Gasteiger partial charge in [-0.1, -0.05) is 18.2 Å². The molecule has 0 radical (unpaired) electrons. The quantitative estimate of drug-likeness (QED) is 0.762. The van der Waals surface area contributed by atoms with Crippen LogP contribution in [0.1, 0.15) is 42.4 Å². The minimum atomic E-state index is -0.647. The lowest BCUT2D eigenvalue weighted by Gasteiger charge is -2.36. The van der Waals surface area contributed by atoms with E-state index >= 15 is 0 Å². The molecular weight excluding hydrogens is 198 g/mol. The number of hydrogen-bond acceptors (Lipinski definition) is 2. The third-order valence-corrected chi connectivity index (χ3v) is 3.96. The molecule has 2 nitrogen and oxygen atoms in total. The lowest BCUT2D eigenvalue weighted by molar-refractivity contribution is -0.00555. The maximum absolute atomic E-state index is 10.7. The van der Waals surface area contributed by atoms with Gasteiger partial charge in [-0.05, 0) is 56.2 Å². The summed E-state index contributed by atoms with van der Waals surface area (Å²) in [4.78, 5) is 0. The number of nitrogens with two attached hydrogens (primary N) is 1. The second kappa shape index (κ2) is 4.19. The molecular formula is C14H21NO. The fourth-order valence-corrected chi connectivity index (χ4v) is 2.64. The van der Waals surface area contributed by atoms with E-state index in [-0.39, 0.29) is 6.04 Å². The van der Waals surface area contributed by atoms with Crippen molar-refractivity contribution in [2.45, 2.75) is 51.2 Å². The summed E-state index contributed by atoms with van der Waals surface area (Å²) in [6, 6.07) is 6.45. The van der Waals surface area contributed by atoms with Crippen molar-refractivity contribution in [2.24, 2.45) is 5.73 Å². The first-order valence-electron chi connectivity index (χ1n) is 6.07. The summed E-state index contributed by atoms with van der Waals surface area (Å²) in [7, 11) is 0. The van der Waals surface area contributed by atoms with Crippen LogP contribution in [0.2, 0.25) is 0 Å². The average Bonchev–Trinajstić information content (AvgIpc) is 2.27. The fourth-order valence-electron chi connectivity index (χ4n) is 2.64. The van der Waals surface area contributed by atoms with Gasteiger partial charge in [0, 0.05) is 6.04 Å². The molecule has 0 bridgehead atoms. The summed E-state index contributed by atoms with van der Waals surface area (Å²) in [5.74, 6) is 0. The highest BCUT2D eigenvalue weighted by molar-refractivity contribution is 5.37. The summed E-state index contributed by atoms with van der Waals surface area (Å²) in [5.41, 5.74) is 8.81. The predicted octanol–water partition coefficient (Wildman–Crippen LogP) is 2.39. The molecule has 2 rings (SSSR count). The van der Waals surface area contributed by atoms with Crippen molar-refractivity contribution in [3.05, 3.63) is 34.9 Å². The van der Waals surface area contributed by atoms with Crippen LogP contribution in [0.3, 0.4) is 0 Å². The van der Waals surface area contributed by atoms with Gasteiger partial charge in [0.15, 0.2) is 0 Å². The van der Waals surface area contributed by atoms with E-state index in [4.69, 9.17) is 5.73 Å². The lowest BCUT2D eigenvalue weighted by atomic mass is 9.76. The molecule has 1 aliphatic rings. The lowest BCUT2D eigenvalue weighted by Crippen LogP contribution is -2.37. The molecule has 1 aromatic rings. The normalized spacial score (nSPS) is 30.4. The van der Waals surface area contributed by atoms with Crippen LogP contribution >= 0.6 is 0 Å². The number of hydrogen-bond donors (Lipinski definition) is 2. The molecule has 0 saturated heterocycles. The van der Waals surface area contributed by atoms with E-state index in [0.717, 1.165) is 31.2 Å². The van der Waals surface area contributed by atoms with Gasteiger partial charge in [0.25, 0.3) is 0 Å². The molecule has 1 fully saturated rings. The number of rotatable bonds is 1. The molecule has 88 valence electrons. The molecule has 0 aliphatic heterocycles. The Balaban J connectivity index is 2.32. The van der Waals surface area contributed by atoms with Gasteiger partial charge < -0.3 is 10.8 Å². The molecule has 0 unspecified atom stereocenters. The van der Waals surface area contributed by atoms with Crippen LogP contribution in [0.5, 0.6) is 0 Å². The highest BCUT2D eigenvalue weighted by Crippen LogP contribution is 2.38. The Morgan fingerprint density at radius 3 is 2.50 bits per heavy atom. The first-order valence-corrected chi connectivity index (χ1v) is 6.07. The Bertz CT molecular complexity index is 378. The van der Waals surface area contributed by atoms with E-state index in [0.29, 0.717) is 0 Å². The topological polar surface area (TPSA) is 46.2 Å². The van der Waals surface area contributed by atoms with Crippen molar-refractivity contribution in [1.82, 2.24) is 0 Å². The van der Waals surface area contributed by atoms with Gasteiger partial charge in [-0.3, -0.25) is 0 Å².